The number of H-pyrrole nitrogens is 2. The smallest absolute Gasteiger partial charge is 0.310 e. The maximum Gasteiger partial charge on any atom is 0.310 e. The van der Waals surface area contributed by atoms with Crippen LogP contribution in [0.5, 0.6) is 0 Å². The van der Waals surface area contributed by atoms with E-state index >= 15 is 0 Å². The number of amides is 1. The molecule has 272 valence electrons. The minimum Gasteiger partial charge on any atom is -0.481 e. The molecule has 3 aromatic rings. The van der Waals surface area contributed by atoms with Crippen LogP contribution < -0.4 is 5.32 Å². The Hall–Kier alpha value is -4.89. The molecule has 0 saturated heterocycles. The van der Waals surface area contributed by atoms with Gasteiger partial charge >= 0.3 is 11.9 Å². The quantitative estimate of drug-likeness (QED) is 0.105. The van der Waals surface area contributed by atoms with Crippen molar-refractivity contribution < 1.29 is 42.0 Å². The van der Waals surface area contributed by atoms with Gasteiger partial charge in [0.15, 0.2) is 5.78 Å². The molecule has 2 aliphatic rings. The summed E-state index contributed by atoms with van der Waals surface area (Å²) in [5.41, 5.74) is 6.56. The van der Waals surface area contributed by atoms with Crippen molar-refractivity contribution in [1.82, 2.24) is 25.3 Å². The predicted molar refractivity (Wildman–Crippen MR) is 190 cm³/mol. The van der Waals surface area contributed by atoms with Crippen LogP contribution in [-0.4, -0.2) is 81.0 Å². The third kappa shape index (κ3) is 7.59. The zero-order valence-corrected chi connectivity index (χ0v) is 30.4. The number of methoxy groups -OCH3 is 1. The van der Waals surface area contributed by atoms with Crippen LogP contribution in [0.25, 0.3) is 22.1 Å². The van der Waals surface area contributed by atoms with E-state index in [1.165, 1.54) is 14.0 Å². The van der Waals surface area contributed by atoms with Crippen LogP contribution in [0.1, 0.15) is 124 Å². The van der Waals surface area contributed by atoms with E-state index in [9.17, 15) is 37.3 Å². The maximum atomic E-state index is 13.9. The molecular weight excluding hydrogens is 678 g/mol. The summed E-state index contributed by atoms with van der Waals surface area (Å²) < 4.78 is 37.2. The Bertz CT molecular complexity index is 2220. The number of Topliss-reactive ketones (excluding diaryl/α,β-unsaturated/α-hetero) is 1. The van der Waals surface area contributed by atoms with E-state index < -0.39 is 39.6 Å². The van der Waals surface area contributed by atoms with Crippen molar-refractivity contribution >= 4 is 55.8 Å². The number of esters is 1. The SMILES string of the molecule is COC(=O)Cc1c2nc(cc3[nH]c(cc4nc(cc5[nH]c1c(C(=O)NCCS(=O)(=O)O)c5C)C(C)C4C)c(C(C)=O)c3C)C(C)[C@@H]2CCC(=O)O. The number of aryl methyl sites for hydroxylation is 2. The van der Waals surface area contributed by atoms with E-state index in [-0.39, 0.29) is 60.4 Å². The van der Waals surface area contributed by atoms with Gasteiger partial charge in [0, 0.05) is 75.9 Å². The standard InChI is InChI=1S/C36H43N5O9S/c1-16-17(2)25-15-29-32(21(6)42)19(4)27(39-29)14-26-18(3)22(8-9-30(43)44)34(40-26)23(12-31(45)50-7)35-33(36(46)37-10-11-51(47,48)49)20(5)28(41-35)13-24(16)38-25/h13-18,22,39,41H,8-12H2,1-7H3,(H,37,46)(H,43,44)(H,47,48,49)/t16?,17?,18?,22-/m0/s1. The Labute approximate surface area is 295 Å². The number of carbonyl (C=O) groups excluding carboxylic acids is 3. The van der Waals surface area contributed by atoms with E-state index in [1.807, 2.05) is 45.9 Å². The third-order valence-corrected chi connectivity index (χ3v) is 10.9. The van der Waals surface area contributed by atoms with Crippen LogP contribution in [0.3, 0.4) is 0 Å². The molecule has 3 aromatic heterocycles. The van der Waals surface area contributed by atoms with Crippen molar-refractivity contribution in [2.24, 2.45) is 0 Å². The molecule has 5 heterocycles. The predicted octanol–water partition coefficient (Wildman–Crippen LogP) is 5.13. The Morgan fingerprint density at radius 3 is 2.02 bits per heavy atom. The van der Waals surface area contributed by atoms with Crippen LogP contribution in [-0.2, 0) is 30.9 Å². The summed E-state index contributed by atoms with van der Waals surface area (Å²) in [5.74, 6) is -4.08. The number of carbonyl (C=O) groups is 4. The van der Waals surface area contributed by atoms with E-state index in [1.54, 1.807) is 6.92 Å². The van der Waals surface area contributed by atoms with Gasteiger partial charge in [0.2, 0.25) is 0 Å². The van der Waals surface area contributed by atoms with Crippen molar-refractivity contribution in [1.29, 1.82) is 0 Å². The number of fused-ring (bicyclic) bond motifs is 8. The van der Waals surface area contributed by atoms with Gasteiger partial charge in [0.1, 0.15) is 0 Å². The van der Waals surface area contributed by atoms with Crippen LogP contribution in [0.2, 0.25) is 0 Å². The number of hydrogen-bond donors (Lipinski definition) is 5. The monoisotopic (exact) mass is 721 g/mol. The van der Waals surface area contributed by atoms with Gasteiger partial charge in [-0.3, -0.25) is 33.7 Å². The van der Waals surface area contributed by atoms with Crippen LogP contribution in [0.15, 0.2) is 18.2 Å². The lowest BCUT2D eigenvalue weighted by molar-refractivity contribution is -0.140. The molecule has 5 N–H and O–H groups in total. The highest BCUT2D eigenvalue weighted by atomic mass is 32.2. The highest BCUT2D eigenvalue weighted by Crippen LogP contribution is 2.43. The summed E-state index contributed by atoms with van der Waals surface area (Å²) in [4.78, 5) is 68.4. The molecule has 3 unspecified atom stereocenters. The van der Waals surface area contributed by atoms with E-state index in [4.69, 9.17) is 14.7 Å². The minimum absolute atomic E-state index is 0.0341. The normalized spacial score (nSPS) is 18.7. The lowest BCUT2D eigenvalue weighted by Crippen LogP contribution is -2.29. The molecule has 2 aliphatic heterocycles. The summed E-state index contributed by atoms with van der Waals surface area (Å²) in [6.07, 6.45) is -0.356. The second kappa shape index (κ2) is 14.4. The number of aromatic nitrogens is 4. The van der Waals surface area contributed by atoms with E-state index in [0.717, 1.165) is 5.69 Å². The zero-order valence-electron chi connectivity index (χ0n) is 29.6. The molecule has 1 amide bonds. The number of rotatable bonds is 10. The first-order valence-electron chi connectivity index (χ1n) is 16.7. The minimum atomic E-state index is -4.37. The average Bonchev–Trinajstić information content (AvgIpc) is 3.72. The fraction of sp³-hybridized carbons (Fsp3) is 0.444. The molecule has 8 bridgehead atoms. The first kappa shape index (κ1) is 37.4. The van der Waals surface area contributed by atoms with Crippen LogP contribution >= 0.6 is 0 Å². The molecule has 0 fully saturated rings. The molecule has 5 rings (SSSR count). The Kier molecular flexibility index (Phi) is 10.5. The van der Waals surface area contributed by atoms with Crippen molar-refractivity contribution in [2.45, 2.75) is 84.5 Å². The number of aromatic amines is 2. The van der Waals surface area contributed by atoms with Crippen molar-refractivity contribution in [3.8, 4) is 0 Å². The van der Waals surface area contributed by atoms with Gasteiger partial charge in [-0.25, -0.2) is 0 Å². The summed E-state index contributed by atoms with van der Waals surface area (Å²) in [6, 6.07) is 5.53. The lowest BCUT2D eigenvalue weighted by atomic mass is 9.85. The summed E-state index contributed by atoms with van der Waals surface area (Å²) in [6.45, 7) is 10.7. The van der Waals surface area contributed by atoms with Crippen molar-refractivity contribution in [2.75, 3.05) is 19.4 Å². The third-order valence-electron chi connectivity index (χ3n) is 10.1. The molecular formula is C36H43N5O9S. The number of nitrogens with zero attached hydrogens (tertiary/aromatic N) is 2. The fourth-order valence-electron chi connectivity index (χ4n) is 7.04. The molecule has 0 radical (unpaired) electrons. The molecule has 0 spiro atoms. The Balaban J connectivity index is 1.98. The average molecular weight is 722 g/mol. The lowest BCUT2D eigenvalue weighted by Gasteiger charge is -2.17. The molecule has 15 heteroatoms. The first-order chi connectivity index (χ1) is 23.9. The van der Waals surface area contributed by atoms with Crippen molar-refractivity contribution in [3.05, 3.63) is 68.8 Å². The van der Waals surface area contributed by atoms with Crippen LogP contribution in [0, 0.1) is 13.8 Å². The van der Waals surface area contributed by atoms with Gasteiger partial charge in [-0.1, -0.05) is 20.8 Å². The second-order valence-corrected chi connectivity index (χ2v) is 15.0. The summed E-state index contributed by atoms with van der Waals surface area (Å²) in [5, 5.41) is 12.2. The van der Waals surface area contributed by atoms with E-state index in [2.05, 4.69) is 15.3 Å². The van der Waals surface area contributed by atoms with Gasteiger partial charge in [-0.15, -0.1) is 0 Å². The Morgan fingerprint density at radius 1 is 0.882 bits per heavy atom. The van der Waals surface area contributed by atoms with E-state index in [0.29, 0.717) is 55.9 Å². The highest BCUT2D eigenvalue weighted by molar-refractivity contribution is 7.85. The maximum absolute atomic E-state index is 13.9. The molecule has 0 saturated carbocycles. The summed E-state index contributed by atoms with van der Waals surface area (Å²) in [7, 11) is -3.14. The number of aliphatic carboxylic acids is 1. The summed E-state index contributed by atoms with van der Waals surface area (Å²) >= 11 is 0. The number of ether oxygens (including phenoxy) is 1. The van der Waals surface area contributed by atoms with Gasteiger partial charge < -0.3 is 25.1 Å². The zero-order chi connectivity index (χ0) is 37.5. The molecule has 0 aliphatic carbocycles. The number of ketones is 1. The number of carboxylic acid groups (broad SMARTS) is 1. The largest absolute Gasteiger partial charge is 0.481 e. The van der Waals surface area contributed by atoms with Gasteiger partial charge in [-0.2, -0.15) is 8.42 Å². The second-order valence-electron chi connectivity index (χ2n) is 13.4. The van der Waals surface area contributed by atoms with Gasteiger partial charge in [0.05, 0.1) is 41.6 Å². The molecule has 51 heavy (non-hydrogen) atoms. The number of carboxylic acids is 1. The molecule has 0 aromatic carbocycles. The number of nitrogens with one attached hydrogen (secondary N) is 3. The van der Waals surface area contributed by atoms with Gasteiger partial charge in [-0.05, 0) is 56.5 Å². The Morgan fingerprint density at radius 2 is 1.45 bits per heavy atom. The topological polar surface area (TPSA) is 221 Å². The number of hydrogen-bond acceptors (Lipinski definition) is 9. The molecule has 4 atom stereocenters. The fourth-order valence-corrected chi connectivity index (χ4v) is 7.40. The molecule has 14 nitrogen and oxygen atoms in total. The van der Waals surface area contributed by atoms with Crippen LogP contribution in [0.4, 0.5) is 0 Å². The van der Waals surface area contributed by atoms with Gasteiger partial charge in [0.25, 0.3) is 16.0 Å². The first-order valence-corrected chi connectivity index (χ1v) is 18.3. The van der Waals surface area contributed by atoms with Crippen molar-refractivity contribution in [3.63, 3.8) is 0 Å². The highest BCUT2D eigenvalue weighted by Gasteiger charge is 2.34.